The molecule has 1 saturated heterocycles. The summed E-state index contributed by atoms with van der Waals surface area (Å²) in [6.07, 6.45) is 2.07. The van der Waals surface area contributed by atoms with E-state index in [2.05, 4.69) is 34.7 Å². The summed E-state index contributed by atoms with van der Waals surface area (Å²) in [6, 6.07) is 13.5. The maximum absolute atomic E-state index is 12.5. The lowest BCUT2D eigenvalue weighted by Gasteiger charge is -2.34. The van der Waals surface area contributed by atoms with Crippen molar-refractivity contribution in [1.29, 1.82) is 0 Å². The summed E-state index contributed by atoms with van der Waals surface area (Å²) >= 11 is 9.55. The molecule has 3 aromatic rings. The summed E-state index contributed by atoms with van der Waals surface area (Å²) < 4.78 is 1.20. The number of thiazole rings is 1. The minimum Gasteiger partial charge on any atom is -0.345 e. The van der Waals surface area contributed by atoms with E-state index in [9.17, 15) is 4.79 Å². The van der Waals surface area contributed by atoms with Crippen LogP contribution < -0.4 is 10.2 Å². The van der Waals surface area contributed by atoms with E-state index in [1.54, 1.807) is 35.2 Å². The van der Waals surface area contributed by atoms with Crippen molar-refractivity contribution in [1.82, 2.24) is 9.88 Å². The number of nitrogens with one attached hydrogen (secondary N) is 1. The number of thioether (sulfide) groups is 1. The van der Waals surface area contributed by atoms with Crippen LogP contribution in [-0.2, 0) is 0 Å². The molecule has 0 aliphatic carbocycles. The minimum atomic E-state index is -0.114. The molecule has 0 spiro atoms. The Labute approximate surface area is 171 Å². The largest absolute Gasteiger partial charge is 0.345 e. The molecule has 1 aliphatic rings. The fourth-order valence-electron chi connectivity index (χ4n) is 3.07. The normalized spacial score (nSPS) is 14.6. The van der Waals surface area contributed by atoms with Crippen LogP contribution in [0.3, 0.4) is 0 Å². The maximum atomic E-state index is 12.5. The van der Waals surface area contributed by atoms with Gasteiger partial charge < -0.3 is 15.1 Å². The first-order valence-electron chi connectivity index (χ1n) is 8.64. The predicted octanol–water partition coefficient (Wildman–Crippen LogP) is 5.03. The van der Waals surface area contributed by atoms with Crippen molar-refractivity contribution >= 4 is 61.8 Å². The molecular formula is C19H19ClN4OS2. The summed E-state index contributed by atoms with van der Waals surface area (Å²) in [7, 11) is 0. The lowest BCUT2D eigenvalue weighted by molar-refractivity contribution is 0.208. The molecule has 1 fully saturated rings. The van der Waals surface area contributed by atoms with Crippen molar-refractivity contribution in [3.63, 3.8) is 0 Å². The van der Waals surface area contributed by atoms with Crippen LogP contribution in [0.4, 0.5) is 15.6 Å². The number of fused-ring (bicyclic) bond motifs is 1. The third kappa shape index (κ3) is 3.85. The standard InChI is InChI=1S/C19H19ClN4OS2/c1-26-15-7-4-8-16-17(15)22-19(27-16)24-11-9-23(10-12-24)18(25)21-14-6-3-2-5-13(14)20/h2-8H,9-12H2,1H3,(H,21,25). The van der Waals surface area contributed by atoms with Crippen LogP contribution in [0.2, 0.25) is 5.02 Å². The molecule has 0 bridgehead atoms. The van der Waals surface area contributed by atoms with Gasteiger partial charge >= 0.3 is 6.03 Å². The highest BCUT2D eigenvalue weighted by Gasteiger charge is 2.23. The number of aromatic nitrogens is 1. The van der Waals surface area contributed by atoms with Gasteiger partial charge in [-0.05, 0) is 30.5 Å². The zero-order valence-corrected chi connectivity index (χ0v) is 17.2. The molecule has 0 saturated carbocycles. The van der Waals surface area contributed by atoms with Crippen molar-refractivity contribution in [2.24, 2.45) is 0 Å². The summed E-state index contributed by atoms with van der Waals surface area (Å²) in [6.45, 7) is 2.85. The van der Waals surface area contributed by atoms with Gasteiger partial charge in [0.25, 0.3) is 0 Å². The van der Waals surface area contributed by atoms with Gasteiger partial charge in [0.15, 0.2) is 5.13 Å². The molecule has 0 atom stereocenters. The Morgan fingerprint density at radius 2 is 1.93 bits per heavy atom. The third-order valence-electron chi connectivity index (χ3n) is 4.54. The second kappa shape index (κ2) is 7.96. The molecule has 0 unspecified atom stereocenters. The SMILES string of the molecule is CSc1cccc2sc(N3CCN(C(=O)Nc4ccccc4Cl)CC3)nc12. The van der Waals surface area contributed by atoms with Gasteiger partial charge in [-0.3, -0.25) is 0 Å². The van der Waals surface area contributed by atoms with Crippen molar-refractivity contribution in [3.8, 4) is 0 Å². The number of rotatable bonds is 3. The first-order valence-corrected chi connectivity index (χ1v) is 11.1. The Morgan fingerprint density at radius 1 is 1.15 bits per heavy atom. The molecule has 27 heavy (non-hydrogen) atoms. The Kier molecular flexibility index (Phi) is 5.43. The molecule has 1 aromatic heterocycles. The quantitative estimate of drug-likeness (QED) is 0.606. The number of hydrogen-bond donors (Lipinski definition) is 1. The van der Waals surface area contributed by atoms with Gasteiger partial charge in [0.1, 0.15) is 0 Å². The first kappa shape index (κ1) is 18.4. The number of amides is 2. The number of halogens is 1. The van der Waals surface area contributed by atoms with E-state index >= 15 is 0 Å². The lowest BCUT2D eigenvalue weighted by atomic mass is 10.3. The molecule has 1 N–H and O–H groups in total. The average Bonchev–Trinajstić information content (AvgIpc) is 3.14. The number of carbonyl (C=O) groups is 1. The van der Waals surface area contributed by atoms with E-state index in [1.807, 2.05) is 17.0 Å². The van der Waals surface area contributed by atoms with E-state index in [-0.39, 0.29) is 6.03 Å². The topological polar surface area (TPSA) is 48.5 Å². The Balaban J connectivity index is 1.41. The highest BCUT2D eigenvalue weighted by atomic mass is 35.5. The van der Waals surface area contributed by atoms with Crippen molar-refractivity contribution in [2.45, 2.75) is 4.90 Å². The molecule has 140 valence electrons. The van der Waals surface area contributed by atoms with Crippen molar-refractivity contribution in [2.75, 3.05) is 42.7 Å². The number of urea groups is 1. The molecule has 2 aromatic carbocycles. The van der Waals surface area contributed by atoms with E-state index in [0.29, 0.717) is 23.8 Å². The van der Waals surface area contributed by atoms with Crippen molar-refractivity contribution in [3.05, 3.63) is 47.5 Å². The summed E-state index contributed by atoms with van der Waals surface area (Å²) in [5, 5.41) is 4.46. The smallest absolute Gasteiger partial charge is 0.322 e. The van der Waals surface area contributed by atoms with Gasteiger partial charge in [-0.15, -0.1) is 11.8 Å². The fraction of sp³-hybridized carbons (Fsp3) is 0.263. The zero-order chi connectivity index (χ0) is 18.8. The number of carbonyl (C=O) groups excluding carboxylic acids is 1. The molecule has 2 amide bonds. The van der Waals surface area contributed by atoms with Crippen LogP contribution >= 0.6 is 34.7 Å². The van der Waals surface area contributed by atoms with E-state index in [0.717, 1.165) is 23.7 Å². The Hall–Kier alpha value is -1.96. The number of anilines is 2. The van der Waals surface area contributed by atoms with E-state index in [1.165, 1.54) is 9.60 Å². The maximum Gasteiger partial charge on any atom is 0.322 e. The monoisotopic (exact) mass is 418 g/mol. The Morgan fingerprint density at radius 3 is 2.67 bits per heavy atom. The highest BCUT2D eigenvalue weighted by molar-refractivity contribution is 7.98. The second-order valence-electron chi connectivity index (χ2n) is 6.19. The van der Waals surface area contributed by atoms with Crippen LogP contribution in [0.25, 0.3) is 10.2 Å². The summed E-state index contributed by atoms with van der Waals surface area (Å²) in [5.41, 5.74) is 1.71. The molecule has 0 radical (unpaired) electrons. The van der Waals surface area contributed by atoms with Gasteiger partial charge in [0, 0.05) is 31.1 Å². The van der Waals surface area contributed by atoms with Crippen LogP contribution in [-0.4, -0.2) is 48.3 Å². The van der Waals surface area contributed by atoms with Crippen LogP contribution in [0, 0.1) is 0 Å². The number of hydrogen-bond acceptors (Lipinski definition) is 5. The van der Waals surface area contributed by atoms with Gasteiger partial charge in [-0.2, -0.15) is 0 Å². The van der Waals surface area contributed by atoms with Gasteiger partial charge in [0.05, 0.1) is 20.9 Å². The van der Waals surface area contributed by atoms with E-state index < -0.39 is 0 Å². The molecule has 1 aliphatic heterocycles. The number of nitrogens with zero attached hydrogens (tertiary/aromatic N) is 3. The second-order valence-corrected chi connectivity index (χ2v) is 8.45. The van der Waals surface area contributed by atoms with Gasteiger partial charge in [-0.1, -0.05) is 41.1 Å². The minimum absolute atomic E-state index is 0.114. The average molecular weight is 419 g/mol. The third-order valence-corrected chi connectivity index (χ3v) is 6.72. The van der Waals surface area contributed by atoms with Gasteiger partial charge in [-0.25, -0.2) is 9.78 Å². The van der Waals surface area contributed by atoms with Gasteiger partial charge in [0.2, 0.25) is 0 Å². The number of benzene rings is 2. The molecular weight excluding hydrogens is 400 g/mol. The fourth-order valence-corrected chi connectivity index (χ4v) is 4.92. The predicted molar refractivity (Wildman–Crippen MR) is 116 cm³/mol. The molecule has 5 nitrogen and oxygen atoms in total. The molecule has 4 rings (SSSR count). The number of piperazine rings is 1. The van der Waals surface area contributed by atoms with Crippen LogP contribution in [0.1, 0.15) is 0 Å². The number of para-hydroxylation sites is 2. The van der Waals surface area contributed by atoms with E-state index in [4.69, 9.17) is 16.6 Å². The summed E-state index contributed by atoms with van der Waals surface area (Å²) in [4.78, 5) is 22.6. The molecule has 2 heterocycles. The highest BCUT2D eigenvalue weighted by Crippen LogP contribution is 2.34. The van der Waals surface area contributed by atoms with Crippen LogP contribution in [0.15, 0.2) is 47.4 Å². The van der Waals surface area contributed by atoms with Crippen molar-refractivity contribution < 1.29 is 4.79 Å². The zero-order valence-electron chi connectivity index (χ0n) is 14.8. The first-order chi connectivity index (χ1) is 13.2. The summed E-state index contributed by atoms with van der Waals surface area (Å²) in [5.74, 6) is 0. The lowest BCUT2D eigenvalue weighted by Crippen LogP contribution is -2.50. The Bertz CT molecular complexity index is 969. The molecule has 8 heteroatoms. The van der Waals surface area contributed by atoms with Crippen LogP contribution in [0.5, 0.6) is 0 Å².